The van der Waals surface area contributed by atoms with Gasteiger partial charge in [0, 0.05) is 23.3 Å². The number of ether oxygens (including phenoxy) is 1. The number of hydrogen-bond donors (Lipinski definition) is 1. The van der Waals surface area contributed by atoms with E-state index in [1.54, 1.807) is 30.7 Å². The second kappa shape index (κ2) is 7.04. The minimum absolute atomic E-state index is 0.0260. The molecule has 0 atom stereocenters. The number of rotatable bonds is 5. The Balaban J connectivity index is 2.32. The number of pyridine rings is 1. The van der Waals surface area contributed by atoms with Crippen LogP contribution in [0.5, 0.6) is 5.88 Å². The van der Waals surface area contributed by atoms with Crippen LogP contribution in [0.1, 0.15) is 30.1 Å². The Labute approximate surface area is 127 Å². The van der Waals surface area contributed by atoms with Crippen molar-refractivity contribution in [2.75, 3.05) is 7.11 Å². The van der Waals surface area contributed by atoms with Crippen molar-refractivity contribution in [3.8, 4) is 5.88 Å². The van der Waals surface area contributed by atoms with E-state index >= 15 is 0 Å². The summed E-state index contributed by atoms with van der Waals surface area (Å²) in [7, 11) is 1.56. The van der Waals surface area contributed by atoms with E-state index in [0.29, 0.717) is 23.6 Å². The van der Waals surface area contributed by atoms with Crippen molar-refractivity contribution in [3.05, 3.63) is 55.8 Å². The van der Waals surface area contributed by atoms with Crippen LogP contribution >= 0.6 is 11.3 Å². The molecular weight excluding hydrogens is 284 g/mol. The zero-order valence-electron chi connectivity index (χ0n) is 12.3. The molecule has 2 aromatic heterocycles. The molecule has 0 radical (unpaired) electrons. The highest BCUT2D eigenvalue weighted by atomic mass is 32.1. The number of thiazole rings is 1. The highest BCUT2D eigenvalue weighted by Gasteiger charge is 2.08. The Morgan fingerprint density at radius 3 is 2.86 bits per heavy atom. The molecule has 0 aliphatic rings. The van der Waals surface area contributed by atoms with Gasteiger partial charge in [-0.3, -0.25) is 4.79 Å². The van der Waals surface area contributed by atoms with Gasteiger partial charge in [0.2, 0.25) is 0 Å². The summed E-state index contributed by atoms with van der Waals surface area (Å²) in [5.74, 6) is 0.513. The lowest BCUT2D eigenvalue weighted by atomic mass is 10.1. The molecule has 4 nitrogen and oxygen atoms in total. The molecule has 21 heavy (non-hydrogen) atoms. The summed E-state index contributed by atoms with van der Waals surface area (Å²) in [6.07, 6.45) is 8.02. The SMILES string of the molecule is COc1[nH]c(/C=C/c2nccs2)cc(=O)c1CC=C(C)C. The van der Waals surface area contributed by atoms with Crippen LogP contribution in [0.25, 0.3) is 12.2 Å². The van der Waals surface area contributed by atoms with Crippen LogP contribution in [0, 0.1) is 0 Å². The van der Waals surface area contributed by atoms with Gasteiger partial charge in [-0.25, -0.2) is 4.98 Å². The van der Waals surface area contributed by atoms with Crippen molar-refractivity contribution >= 4 is 23.5 Å². The standard InChI is InChI=1S/C16H18N2O2S/c1-11(2)4-6-13-14(19)10-12(18-16(13)20-3)5-7-15-17-8-9-21-15/h4-5,7-10H,6H2,1-3H3,(H,18,19)/b7-5+. The molecular formula is C16H18N2O2S. The van der Waals surface area contributed by atoms with Gasteiger partial charge in [-0.15, -0.1) is 11.3 Å². The van der Waals surface area contributed by atoms with Crippen molar-refractivity contribution in [1.29, 1.82) is 0 Å². The molecule has 0 aliphatic heterocycles. The van der Waals surface area contributed by atoms with E-state index in [1.165, 1.54) is 5.57 Å². The van der Waals surface area contributed by atoms with Crippen LogP contribution in [0.3, 0.4) is 0 Å². The molecule has 0 saturated heterocycles. The Hall–Kier alpha value is -2.14. The molecule has 2 rings (SSSR count). The summed E-state index contributed by atoms with van der Waals surface area (Å²) >= 11 is 1.54. The maximum absolute atomic E-state index is 12.2. The molecule has 1 N–H and O–H groups in total. The largest absolute Gasteiger partial charge is 0.482 e. The average Bonchev–Trinajstić information content (AvgIpc) is 2.96. The lowest BCUT2D eigenvalue weighted by Crippen LogP contribution is -2.12. The van der Waals surface area contributed by atoms with Gasteiger partial charge in [-0.1, -0.05) is 11.6 Å². The number of nitrogens with one attached hydrogen (secondary N) is 1. The monoisotopic (exact) mass is 302 g/mol. The third kappa shape index (κ3) is 4.16. The Morgan fingerprint density at radius 1 is 1.43 bits per heavy atom. The molecule has 0 saturated carbocycles. The van der Waals surface area contributed by atoms with Crippen LogP contribution in [-0.4, -0.2) is 17.1 Å². The van der Waals surface area contributed by atoms with Crippen molar-refractivity contribution in [3.63, 3.8) is 0 Å². The number of aromatic amines is 1. The summed E-state index contributed by atoms with van der Waals surface area (Å²) in [4.78, 5) is 19.5. The van der Waals surface area contributed by atoms with Gasteiger partial charge >= 0.3 is 0 Å². The average molecular weight is 302 g/mol. The quantitative estimate of drug-likeness (QED) is 0.860. The fourth-order valence-corrected chi connectivity index (χ4v) is 2.35. The van der Waals surface area contributed by atoms with Gasteiger partial charge in [0.25, 0.3) is 0 Å². The first-order valence-electron chi connectivity index (χ1n) is 6.61. The van der Waals surface area contributed by atoms with E-state index in [4.69, 9.17) is 4.74 Å². The maximum atomic E-state index is 12.2. The summed E-state index contributed by atoms with van der Waals surface area (Å²) in [5.41, 5.74) is 2.49. The molecule has 0 spiro atoms. The van der Waals surface area contributed by atoms with E-state index in [9.17, 15) is 4.79 Å². The number of hydrogen-bond acceptors (Lipinski definition) is 4. The van der Waals surface area contributed by atoms with E-state index in [1.807, 2.05) is 37.5 Å². The van der Waals surface area contributed by atoms with Gasteiger partial charge < -0.3 is 9.72 Å². The van der Waals surface area contributed by atoms with Gasteiger partial charge in [0.1, 0.15) is 5.01 Å². The Bertz CT molecular complexity index is 708. The molecule has 0 unspecified atom stereocenters. The molecule has 0 amide bonds. The first-order chi connectivity index (χ1) is 10.1. The molecule has 2 heterocycles. The van der Waals surface area contributed by atoms with E-state index in [0.717, 1.165) is 5.01 Å². The van der Waals surface area contributed by atoms with Crippen molar-refractivity contribution < 1.29 is 4.74 Å². The van der Waals surface area contributed by atoms with Crippen molar-refractivity contribution in [2.45, 2.75) is 20.3 Å². The number of aromatic nitrogens is 2. The highest BCUT2D eigenvalue weighted by Crippen LogP contribution is 2.15. The van der Waals surface area contributed by atoms with Gasteiger partial charge in [0.15, 0.2) is 11.3 Å². The Kier molecular flexibility index (Phi) is 5.11. The molecule has 0 bridgehead atoms. The van der Waals surface area contributed by atoms with Gasteiger partial charge in [0.05, 0.1) is 12.7 Å². The molecule has 5 heteroatoms. The van der Waals surface area contributed by atoms with Crippen LogP contribution in [0.15, 0.2) is 34.1 Å². The number of nitrogens with zero attached hydrogens (tertiary/aromatic N) is 1. The van der Waals surface area contributed by atoms with Crippen LogP contribution in [-0.2, 0) is 6.42 Å². The Morgan fingerprint density at radius 2 is 2.24 bits per heavy atom. The highest BCUT2D eigenvalue weighted by molar-refractivity contribution is 7.10. The van der Waals surface area contributed by atoms with Crippen molar-refractivity contribution in [2.24, 2.45) is 0 Å². The number of allylic oxidation sites excluding steroid dienone is 2. The zero-order chi connectivity index (χ0) is 15.2. The zero-order valence-corrected chi connectivity index (χ0v) is 13.2. The lowest BCUT2D eigenvalue weighted by Gasteiger charge is -2.07. The summed E-state index contributed by atoms with van der Waals surface area (Å²) in [5, 5.41) is 2.80. The molecule has 0 fully saturated rings. The van der Waals surface area contributed by atoms with E-state index in [-0.39, 0.29) is 5.43 Å². The second-order valence-electron chi connectivity index (χ2n) is 4.79. The fraction of sp³-hybridized carbons (Fsp3) is 0.250. The van der Waals surface area contributed by atoms with Crippen LogP contribution < -0.4 is 10.2 Å². The van der Waals surface area contributed by atoms with Crippen LogP contribution in [0.2, 0.25) is 0 Å². The molecule has 110 valence electrons. The minimum atomic E-state index is -0.0260. The smallest absolute Gasteiger partial charge is 0.198 e. The van der Waals surface area contributed by atoms with Crippen molar-refractivity contribution in [1.82, 2.24) is 9.97 Å². The predicted molar refractivity (Wildman–Crippen MR) is 87.8 cm³/mol. The summed E-state index contributed by atoms with van der Waals surface area (Å²) < 4.78 is 5.30. The maximum Gasteiger partial charge on any atom is 0.198 e. The normalized spacial score (nSPS) is 10.8. The van der Waals surface area contributed by atoms with Crippen LogP contribution in [0.4, 0.5) is 0 Å². The summed E-state index contributed by atoms with van der Waals surface area (Å²) in [6, 6.07) is 1.58. The first kappa shape index (κ1) is 15.3. The fourth-order valence-electron chi connectivity index (χ4n) is 1.82. The van der Waals surface area contributed by atoms with E-state index < -0.39 is 0 Å². The second-order valence-corrected chi connectivity index (χ2v) is 5.72. The van der Waals surface area contributed by atoms with E-state index in [2.05, 4.69) is 9.97 Å². The third-order valence-corrected chi connectivity index (χ3v) is 3.63. The van der Waals surface area contributed by atoms with Gasteiger partial charge in [-0.05, 0) is 32.4 Å². The number of H-pyrrole nitrogens is 1. The molecule has 2 aromatic rings. The topological polar surface area (TPSA) is 55.0 Å². The predicted octanol–water partition coefficient (Wildman–Crippen LogP) is 3.52. The minimum Gasteiger partial charge on any atom is -0.482 e. The summed E-state index contributed by atoms with van der Waals surface area (Å²) in [6.45, 7) is 4.01. The molecule has 0 aliphatic carbocycles. The van der Waals surface area contributed by atoms with Gasteiger partial charge in [-0.2, -0.15) is 0 Å². The lowest BCUT2D eigenvalue weighted by molar-refractivity contribution is 0.392. The third-order valence-electron chi connectivity index (χ3n) is 2.89. The molecule has 0 aromatic carbocycles. The first-order valence-corrected chi connectivity index (χ1v) is 7.49. The number of methoxy groups -OCH3 is 1.